The van der Waals surface area contributed by atoms with Crippen LogP contribution in [0, 0.1) is 0 Å². The molecule has 7 heteroatoms. The molecule has 146 valence electrons. The topological polar surface area (TPSA) is 77.5 Å². The Bertz CT molecular complexity index is 1060. The number of carbonyl (C=O) groups excluding carboxylic acids is 1. The predicted molar refractivity (Wildman–Crippen MR) is 112 cm³/mol. The number of aromatic amines is 1. The molecule has 0 spiro atoms. The number of nitrogens with zero attached hydrogens (tertiary/aromatic N) is 5. The van der Waals surface area contributed by atoms with Gasteiger partial charge in [-0.05, 0) is 30.5 Å². The maximum atomic E-state index is 13.2. The zero-order chi connectivity index (χ0) is 19.8. The van der Waals surface area contributed by atoms with E-state index in [4.69, 9.17) is 9.98 Å². The van der Waals surface area contributed by atoms with E-state index in [1.54, 1.807) is 22.2 Å². The van der Waals surface area contributed by atoms with Crippen molar-refractivity contribution in [3.05, 3.63) is 66.1 Å². The number of urea groups is 1. The lowest BCUT2D eigenvalue weighted by molar-refractivity contribution is 0.226. The van der Waals surface area contributed by atoms with E-state index < -0.39 is 0 Å². The minimum absolute atomic E-state index is 0.0379. The number of aromatic nitrogens is 3. The van der Waals surface area contributed by atoms with Gasteiger partial charge in [-0.3, -0.25) is 19.8 Å². The number of benzene rings is 1. The number of amides is 2. The van der Waals surface area contributed by atoms with Gasteiger partial charge >= 0.3 is 6.03 Å². The average molecular weight is 386 g/mol. The maximum absolute atomic E-state index is 13.2. The molecule has 0 unspecified atom stereocenters. The van der Waals surface area contributed by atoms with E-state index in [0.717, 1.165) is 24.1 Å². The van der Waals surface area contributed by atoms with Gasteiger partial charge in [0.15, 0.2) is 11.7 Å². The number of hydrogen-bond acceptors (Lipinski definition) is 4. The minimum Gasteiger partial charge on any atom is -0.334 e. The van der Waals surface area contributed by atoms with E-state index in [1.165, 1.54) is 5.56 Å². The van der Waals surface area contributed by atoms with Gasteiger partial charge in [0.25, 0.3) is 0 Å². The molecule has 0 aliphatic carbocycles. The first kappa shape index (κ1) is 17.6. The molecule has 29 heavy (non-hydrogen) atoms. The van der Waals surface area contributed by atoms with Crippen LogP contribution >= 0.6 is 0 Å². The van der Waals surface area contributed by atoms with Crippen molar-refractivity contribution in [3.63, 3.8) is 0 Å². The van der Waals surface area contributed by atoms with Gasteiger partial charge in [0, 0.05) is 24.5 Å². The van der Waals surface area contributed by atoms with E-state index in [-0.39, 0.29) is 12.1 Å². The third kappa shape index (κ3) is 3.08. The Morgan fingerprint density at radius 2 is 2.03 bits per heavy atom. The highest BCUT2D eigenvalue weighted by molar-refractivity contribution is 6.18. The second-order valence-corrected chi connectivity index (χ2v) is 7.37. The lowest BCUT2D eigenvalue weighted by Crippen LogP contribution is -2.50. The Morgan fingerprint density at radius 1 is 1.17 bits per heavy atom. The Morgan fingerprint density at radius 3 is 2.79 bits per heavy atom. The molecule has 0 saturated heterocycles. The maximum Gasteiger partial charge on any atom is 0.331 e. The van der Waals surface area contributed by atoms with Crippen molar-refractivity contribution in [2.24, 2.45) is 4.99 Å². The number of aliphatic imine (C=N–C) groups is 1. The molecule has 2 amide bonds. The molecule has 1 atom stereocenters. The van der Waals surface area contributed by atoms with Gasteiger partial charge in [-0.1, -0.05) is 37.3 Å². The molecule has 0 radical (unpaired) electrons. The molecule has 1 N–H and O–H groups in total. The van der Waals surface area contributed by atoms with E-state index in [1.807, 2.05) is 30.3 Å². The SMILES string of the molecule is CCCN1C(=O)N2C[C@@H](Cc3ccccc3)N=C2c2[nH]c(-c3cccnc3)nc21. The molecular formula is C22H22N6O. The highest BCUT2D eigenvalue weighted by Crippen LogP contribution is 2.33. The second-order valence-electron chi connectivity index (χ2n) is 7.37. The Kier molecular flexibility index (Phi) is 4.35. The van der Waals surface area contributed by atoms with Crippen LogP contribution in [-0.2, 0) is 6.42 Å². The summed E-state index contributed by atoms with van der Waals surface area (Å²) in [4.78, 5) is 34.0. The van der Waals surface area contributed by atoms with Crippen LogP contribution in [0.5, 0.6) is 0 Å². The molecule has 5 rings (SSSR count). The summed E-state index contributed by atoms with van der Waals surface area (Å²) < 4.78 is 0. The van der Waals surface area contributed by atoms with Gasteiger partial charge < -0.3 is 4.98 Å². The zero-order valence-electron chi connectivity index (χ0n) is 16.2. The number of fused-ring (bicyclic) bond motifs is 3. The average Bonchev–Trinajstić information content (AvgIpc) is 3.37. The Labute approximate surface area is 169 Å². The molecule has 7 nitrogen and oxygen atoms in total. The van der Waals surface area contributed by atoms with Gasteiger partial charge in [-0.15, -0.1) is 0 Å². The number of carbonyl (C=O) groups is 1. The molecule has 0 fully saturated rings. The first-order valence-electron chi connectivity index (χ1n) is 9.96. The Balaban J connectivity index is 1.54. The largest absolute Gasteiger partial charge is 0.334 e. The first-order chi connectivity index (χ1) is 14.2. The summed E-state index contributed by atoms with van der Waals surface area (Å²) in [5.74, 6) is 2.06. The quantitative estimate of drug-likeness (QED) is 0.729. The second kappa shape index (κ2) is 7.16. The molecule has 2 aliphatic heterocycles. The fourth-order valence-corrected chi connectivity index (χ4v) is 3.96. The van der Waals surface area contributed by atoms with Crippen molar-refractivity contribution < 1.29 is 4.79 Å². The van der Waals surface area contributed by atoms with E-state index in [2.05, 4.69) is 29.0 Å². The molecular weight excluding hydrogens is 364 g/mol. The van der Waals surface area contributed by atoms with Crippen molar-refractivity contribution in [1.82, 2.24) is 19.9 Å². The highest BCUT2D eigenvalue weighted by atomic mass is 16.2. The van der Waals surface area contributed by atoms with Crippen LogP contribution in [0.25, 0.3) is 11.4 Å². The first-order valence-corrected chi connectivity index (χ1v) is 9.96. The number of nitrogens with one attached hydrogen (secondary N) is 1. The van der Waals surface area contributed by atoms with E-state index in [9.17, 15) is 4.79 Å². The molecule has 2 aromatic heterocycles. The fraction of sp³-hybridized carbons (Fsp3) is 0.273. The van der Waals surface area contributed by atoms with Gasteiger partial charge in [-0.2, -0.15) is 0 Å². The molecule has 3 aromatic rings. The standard InChI is InChI=1S/C22H22N6O/c1-2-11-27-21-18(25-19(26-21)16-9-6-10-23-13-16)20-24-17(14-28(20)22(27)29)12-15-7-4-3-5-8-15/h3-10,13,17H,2,11-12,14H2,1H3,(H,25,26)/t17-/m1/s1. The lowest BCUT2D eigenvalue weighted by Gasteiger charge is -2.32. The van der Waals surface area contributed by atoms with Gasteiger partial charge in [-0.25, -0.2) is 9.78 Å². The lowest BCUT2D eigenvalue weighted by atomic mass is 10.1. The van der Waals surface area contributed by atoms with Crippen molar-refractivity contribution in [3.8, 4) is 11.4 Å². The number of pyridine rings is 1. The van der Waals surface area contributed by atoms with E-state index >= 15 is 0 Å². The summed E-state index contributed by atoms with van der Waals surface area (Å²) >= 11 is 0. The highest BCUT2D eigenvalue weighted by Gasteiger charge is 2.42. The summed E-state index contributed by atoms with van der Waals surface area (Å²) in [5, 5.41) is 0. The monoisotopic (exact) mass is 386 g/mol. The van der Waals surface area contributed by atoms with Gasteiger partial charge in [0.1, 0.15) is 11.5 Å². The zero-order valence-corrected chi connectivity index (χ0v) is 16.2. The number of imidazole rings is 1. The van der Waals surface area contributed by atoms with Crippen LogP contribution < -0.4 is 4.90 Å². The van der Waals surface area contributed by atoms with Crippen molar-refractivity contribution in [2.75, 3.05) is 18.0 Å². The predicted octanol–water partition coefficient (Wildman–Crippen LogP) is 3.50. The normalized spacial score (nSPS) is 17.9. The fourth-order valence-electron chi connectivity index (χ4n) is 3.96. The van der Waals surface area contributed by atoms with Gasteiger partial charge in [0.2, 0.25) is 0 Å². The van der Waals surface area contributed by atoms with Crippen LogP contribution in [-0.4, -0.2) is 50.8 Å². The molecule has 0 saturated carbocycles. The van der Waals surface area contributed by atoms with Crippen LogP contribution in [0.2, 0.25) is 0 Å². The molecule has 1 aromatic carbocycles. The number of amidine groups is 1. The third-order valence-electron chi connectivity index (χ3n) is 5.28. The minimum atomic E-state index is -0.0436. The number of H-pyrrole nitrogens is 1. The molecule has 4 heterocycles. The van der Waals surface area contributed by atoms with Gasteiger partial charge in [0.05, 0.1) is 12.6 Å². The summed E-state index contributed by atoms with van der Waals surface area (Å²) in [7, 11) is 0. The van der Waals surface area contributed by atoms with Crippen LogP contribution in [0.4, 0.5) is 10.6 Å². The summed E-state index contributed by atoms with van der Waals surface area (Å²) in [5.41, 5.74) is 2.92. The van der Waals surface area contributed by atoms with Crippen LogP contribution in [0.1, 0.15) is 24.6 Å². The summed E-state index contributed by atoms with van der Waals surface area (Å²) in [6.07, 6.45) is 5.16. The Hall–Kier alpha value is -3.48. The number of hydrogen-bond donors (Lipinski definition) is 1. The van der Waals surface area contributed by atoms with Crippen molar-refractivity contribution >= 4 is 17.7 Å². The summed E-state index contributed by atoms with van der Waals surface area (Å²) in [6.45, 7) is 3.27. The smallest absolute Gasteiger partial charge is 0.331 e. The van der Waals surface area contributed by atoms with E-state index in [0.29, 0.717) is 30.6 Å². The van der Waals surface area contributed by atoms with Crippen LogP contribution in [0.15, 0.2) is 59.9 Å². The third-order valence-corrected chi connectivity index (χ3v) is 5.28. The molecule has 2 aliphatic rings. The van der Waals surface area contributed by atoms with Crippen LogP contribution in [0.3, 0.4) is 0 Å². The number of rotatable bonds is 5. The molecule has 0 bridgehead atoms. The van der Waals surface area contributed by atoms with Crippen molar-refractivity contribution in [2.45, 2.75) is 25.8 Å². The summed E-state index contributed by atoms with van der Waals surface area (Å²) in [6, 6.07) is 14.1. The number of anilines is 1. The van der Waals surface area contributed by atoms with Crippen molar-refractivity contribution in [1.29, 1.82) is 0 Å².